The Balaban J connectivity index is 0.00000361. The van der Waals surface area contributed by atoms with Gasteiger partial charge in [0.1, 0.15) is 4.70 Å². The number of benzene rings is 2. The fourth-order valence-electron chi connectivity index (χ4n) is 3.84. The standard InChI is InChI=1S/C23H24N2O6S4.H2O/c26-34(27,28)16-6-14-24-18-8-1-3-10-20(18)32-22(24)12-5-13-23-25(15-7-17-35(29,30)31)19-9-2-4-11-21(19)33-23;/h1-5,8-13H,6-7,14-17H2,(H-,26,27,28,29,30,31);1H2. The molecule has 1 aliphatic heterocycles. The molecular weight excluding hydrogens is 545 g/mol. The first-order valence-electron chi connectivity index (χ1n) is 10.9. The van der Waals surface area contributed by atoms with Crippen LogP contribution in [0.25, 0.3) is 16.3 Å². The van der Waals surface area contributed by atoms with Crippen molar-refractivity contribution in [3.05, 3.63) is 70.7 Å². The number of rotatable bonds is 10. The highest BCUT2D eigenvalue weighted by molar-refractivity contribution is 8.03. The van der Waals surface area contributed by atoms with Crippen LogP contribution in [-0.2, 0) is 26.8 Å². The summed E-state index contributed by atoms with van der Waals surface area (Å²) in [6.07, 6.45) is 6.43. The van der Waals surface area contributed by atoms with Crippen molar-refractivity contribution in [1.82, 2.24) is 0 Å². The maximum atomic E-state index is 11.2. The molecule has 3 N–H and O–H groups in total. The smallest absolute Gasteiger partial charge is 0.265 e. The minimum absolute atomic E-state index is 0. The molecule has 194 valence electrons. The number of nitrogens with zero attached hydrogens (tertiary/aromatic N) is 2. The first-order valence-corrected chi connectivity index (χ1v) is 15.7. The Hall–Kier alpha value is -2.26. The molecule has 9 nitrogen and oxygen atoms in total. The molecule has 1 aromatic heterocycles. The Labute approximate surface area is 218 Å². The Morgan fingerprint density at radius 2 is 1.58 bits per heavy atom. The van der Waals surface area contributed by atoms with Crippen LogP contribution in [0.1, 0.15) is 17.8 Å². The maximum Gasteiger partial charge on any atom is 0.265 e. The summed E-state index contributed by atoms with van der Waals surface area (Å²) in [6.45, 7) is 0.893. The lowest BCUT2D eigenvalue weighted by molar-refractivity contribution is -0.668. The lowest BCUT2D eigenvalue weighted by atomic mass is 10.3. The third-order valence-electron chi connectivity index (χ3n) is 5.32. The number of hydrogen-bond acceptors (Lipinski definition) is 8. The molecule has 0 fully saturated rings. The summed E-state index contributed by atoms with van der Waals surface area (Å²) in [5.74, 6) is -0.602. The molecule has 13 heteroatoms. The highest BCUT2D eigenvalue weighted by Crippen LogP contribution is 2.45. The summed E-state index contributed by atoms with van der Waals surface area (Å²) >= 11 is 3.18. The van der Waals surface area contributed by atoms with Gasteiger partial charge in [-0.25, -0.2) is 0 Å². The van der Waals surface area contributed by atoms with Crippen LogP contribution < -0.4 is 9.47 Å². The third-order valence-corrected chi connectivity index (χ3v) is 9.19. The number of aryl methyl sites for hydroxylation is 1. The number of fused-ring (bicyclic) bond motifs is 2. The van der Waals surface area contributed by atoms with Gasteiger partial charge in [-0.15, -0.1) is 0 Å². The van der Waals surface area contributed by atoms with Gasteiger partial charge in [-0.05, 0) is 30.7 Å². The summed E-state index contributed by atoms with van der Waals surface area (Å²) in [7, 11) is -8.04. The van der Waals surface area contributed by atoms with Gasteiger partial charge in [0.2, 0.25) is 5.52 Å². The molecule has 4 rings (SSSR count). The lowest BCUT2D eigenvalue weighted by Gasteiger charge is -2.19. The van der Waals surface area contributed by atoms with Gasteiger partial charge in [-0.1, -0.05) is 53.4 Å². The minimum Gasteiger partial charge on any atom is -0.870 e. The van der Waals surface area contributed by atoms with Crippen molar-refractivity contribution in [3.8, 4) is 0 Å². The van der Waals surface area contributed by atoms with Crippen molar-refractivity contribution in [1.29, 1.82) is 0 Å². The highest BCUT2D eigenvalue weighted by Gasteiger charge is 2.24. The Kier molecular flexibility index (Phi) is 9.33. The van der Waals surface area contributed by atoms with Crippen LogP contribution in [0, 0.1) is 0 Å². The largest absolute Gasteiger partial charge is 0.870 e. The van der Waals surface area contributed by atoms with E-state index in [-0.39, 0.29) is 17.0 Å². The first-order chi connectivity index (χ1) is 16.6. The third kappa shape index (κ3) is 7.38. The zero-order chi connectivity index (χ0) is 25.1. The van der Waals surface area contributed by atoms with E-state index in [4.69, 9.17) is 9.11 Å². The van der Waals surface area contributed by atoms with E-state index >= 15 is 0 Å². The normalized spacial score (nSPS) is 15.1. The van der Waals surface area contributed by atoms with Crippen LogP contribution in [0.5, 0.6) is 0 Å². The highest BCUT2D eigenvalue weighted by atomic mass is 32.2. The number of thiazole rings is 1. The van der Waals surface area contributed by atoms with E-state index in [1.165, 1.54) is 0 Å². The van der Waals surface area contributed by atoms with Gasteiger partial charge < -0.3 is 10.4 Å². The Morgan fingerprint density at radius 3 is 2.33 bits per heavy atom. The maximum absolute atomic E-state index is 11.2. The van der Waals surface area contributed by atoms with Crippen molar-refractivity contribution in [2.75, 3.05) is 23.0 Å². The van der Waals surface area contributed by atoms with Gasteiger partial charge >= 0.3 is 0 Å². The average Bonchev–Trinajstić information content (AvgIpc) is 3.30. The first kappa shape index (κ1) is 28.3. The monoisotopic (exact) mass is 570 g/mol. The van der Waals surface area contributed by atoms with Gasteiger partial charge in [0, 0.05) is 30.0 Å². The molecule has 1 aliphatic rings. The van der Waals surface area contributed by atoms with Crippen LogP contribution in [0.2, 0.25) is 0 Å². The molecule has 0 spiro atoms. The van der Waals surface area contributed by atoms with Crippen LogP contribution >= 0.6 is 23.1 Å². The quantitative estimate of drug-likeness (QED) is 0.272. The van der Waals surface area contributed by atoms with Crippen LogP contribution in [0.3, 0.4) is 0 Å². The summed E-state index contributed by atoms with van der Waals surface area (Å²) in [6, 6.07) is 15.7. The van der Waals surface area contributed by atoms with Crippen molar-refractivity contribution < 1.29 is 36.0 Å². The van der Waals surface area contributed by atoms with E-state index in [1.807, 2.05) is 76.2 Å². The van der Waals surface area contributed by atoms with E-state index in [2.05, 4.69) is 0 Å². The fourth-order valence-corrected chi connectivity index (χ4v) is 7.03. The van der Waals surface area contributed by atoms with Crippen molar-refractivity contribution >= 4 is 65.3 Å². The number of hydrogen-bond donors (Lipinski definition) is 2. The minimum atomic E-state index is -4.02. The molecule has 0 atom stereocenters. The van der Waals surface area contributed by atoms with Gasteiger partial charge in [0.05, 0.1) is 22.2 Å². The summed E-state index contributed by atoms with van der Waals surface area (Å²) < 4.78 is 65.9. The van der Waals surface area contributed by atoms with Gasteiger partial charge in [0.15, 0.2) is 6.54 Å². The Bertz CT molecular complexity index is 1500. The van der Waals surface area contributed by atoms with Gasteiger partial charge in [-0.2, -0.15) is 21.4 Å². The predicted octanol–water partition coefficient (Wildman–Crippen LogP) is 4.03. The molecule has 0 radical (unpaired) electrons. The Morgan fingerprint density at radius 1 is 0.917 bits per heavy atom. The second-order valence-electron chi connectivity index (χ2n) is 7.92. The van der Waals surface area contributed by atoms with E-state index in [9.17, 15) is 16.8 Å². The molecule has 0 saturated heterocycles. The lowest BCUT2D eigenvalue weighted by Crippen LogP contribution is -2.35. The molecule has 2 aromatic carbocycles. The predicted molar refractivity (Wildman–Crippen MR) is 143 cm³/mol. The van der Waals surface area contributed by atoms with Crippen molar-refractivity contribution in [2.45, 2.75) is 24.3 Å². The topological polar surface area (TPSA) is 146 Å². The van der Waals surface area contributed by atoms with Crippen LogP contribution in [-0.4, -0.2) is 49.5 Å². The number of aromatic nitrogens is 1. The molecule has 2 heterocycles. The molecule has 0 saturated carbocycles. The second kappa shape index (κ2) is 11.9. The van der Waals surface area contributed by atoms with E-state index in [0.29, 0.717) is 25.9 Å². The molecule has 3 aromatic rings. The molecule has 36 heavy (non-hydrogen) atoms. The van der Waals surface area contributed by atoms with Crippen molar-refractivity contribution in [2.24, 2.45) is 0 Å². The fraction of sp³-hybridized carbons (Fsp3) is 0.261. The summed E-state index contributed by atoms with van der Waals surface area (Å²) in [4.78, 5) is 3.11. The average molecular weight is 571 g/mol. The number of allylic oxidation sites excluding steroid dienone is 2. The van der Waals surface area contributed by atoms with E-state index in [0.717, 1.165) is 30.8 Å². The molecular formula is C23H26N2O7S4. The molecule has 0 aliphatic carbocycles. The van der Waals surface area contributed by atoms with Crippen LogP contribution in [0.15, 0.2) is 70.6 Å². The van der Waals surface area contributed by atoms with Gasteiger partial charge in [0.25, 0.3) is 25.2 Å². The zero-order valence-electron chi connectivity index (χ0n) is 19.1. The molecule has 0 bridgehead atoms. The van der Waals surface area contributed by atoms with Gasteiger partial charge in [-0.3, -0.25) is 9.11 Å². The summed E-state index contributed by atoms with van der Waals surface area (Å²) in [5.41, 5.74) is 1.99. The second-order valence-corrected chi connectivity index (χ2v) is 13.2. The van der Waals surface area contributed by atoms with Crippen LogP contribution in [0.4, 0.5) is 5.69 Å². The van der Waals surface area contributed by atoms with E-state index < -0.39 is 20.2 Å². The number of para-hydroxylation sites is 2. The van der Waals surface area contributed by atoms with E-state index in [1.54, 1.807) is 23.1 Å². The zero-order valence-corrected chi connectivity index (χ0v) is 22.4. The number of anilines is 1. The van der Waals surface area contributed by atoms with Crippen molar-refractivity contribution in [3.63, 3.8) is 0 Å². The molecule has 0 unspecified atom stereocenters. The molecule has 0 amide bonds. The summed E-state index contributed by atoms with van der Waals surface area (Å²) in [5, 5.41) is 1.88. The number of thioether (sulfide) groups is 1. The SMILES string of the molecule is O=S(=O)(O)CCCN1C(=CC=Cc2sc3ccccc3[n+]2CCCS(=O)(=O)O)Sc2ccccc21.[OH-].